The second kappa shape index (κ2) is 17.8. The van der Waals surface area contributed by atoms with E-state index in [1.54, 1.807) is 0 Å². The van der Waals surface area contributed by atoms with Crippen LogP contribution in [0.1, 0.15) is 7.43 Å². The van der Waals surface area contributed by atoms with E-state index in [0.29, 0.717) is 0 Å². The van der Waals surface area contributed by atoms with Gasteiger partial charge in [0.2, 0.25) is 0 Å². The average molecular weight is 853 g/mol. The lowest BCUT2D eigenvalue weighted by Gasteiger charge is -2.25. The first-order valence-corrected chi connectivity index (χ1v) is 22.8. The fourth-order valence-electron chi connectivity index (χ4n) is 10.4. The van der Waals surface area contributed by atoms with Crippen molar-refractivity contribution in [2.75, 3.05) is 0 Å². The maximum atomic E-state index is 2.35. The van der Waals surface area contributed by atoms with Crippen molar-refractivity contribution in [3.05, 3.63) is 267 Å². The van der Waals surface area contributed by atoms with Crippen molar-refractivity contribution in [1.29, 1.82) is 0 Å². The Kier molecular flexibility index (Phi) is 10.9. The molecule has 0 aliphatic rings. The minimum Gasteiger partial charge on any atom is -0.0776 e. The van der Waals surface area contributed by atoms with Crippen molar-refractivity contribution in [2.45, 2.75) is 7.43 Å². The van der Waals surface area contributed by atoms with E-state index in [0.717, 1.165) is 0 Å². The van der Waals surface area contributed by atoms with E-state index in [1.165, 1.54) is 121 Å². The smallest absolute Gasteiger partial charge is 0.000139 e. The largest absolute Gasteiger partial charge is 0.0776 e. The van der Waals surface area contributed by atoms with E-state index >= 15 is 0 Å². The SMILES string of the molecule is C.c1ccc(-c2ccccc2-c2ccc(-c3c4ccccc4c(-c4ccc(-c5ccccc5-c5ccccc5)cc4)c4c(-c5ccccc5)c5ccccc5c(-c5ccccc5)c34)cc2)cc1. The number of hydrogen-bond acceptors (Lipinski definition) is 0. The van der Waals surface area contributed by atoms with Gasteiger partial charge in [-0.05, 0) is 121 Å². The lowest BCUT2D eigenvalue weighted by molar-refractivity contribution is 1.57. The molecule has 0 fully saturated rings. The first-order chi connectivity index (χ1) is 32.8. The summed E-state index contributed by atoms with van der Waals surface area (Å²) in [6.45, 7) is 0. The van der Waals surface area contributed by atoms with Crippen molar-refractivity contribution >= 4 is 32.3 Å². The standard InChI is InChI=1S/C66H44.CH4/c1-5-21-45(22-6-1)53-29-13-15-31-55(53)47-37-41-51(42-38-47)63-59-35-19-20-36-60(59)64(52-43-39-48(40-44-52)56-32-16-14-30-54(56)46-23-7-2-8-24-46)66-62(50-27-11-4-12-28-50)58-34-18-17-33-57(58)61(65(63)66)49-25-9-3-10-26-49;/h1-44H;1H4. The molecule has 316 valence electrons. The minimum atomic E-state index is 0. The Morgan fingerprint density at radius 2 is 0.328 bits per heavy atom. The summed E-state index contributed by atoms with van der Waals surface area (Å²) in [5.74, 6) is 0. The molecule has 0 aromatic heterocycles. The summed E-state index contributed by atoms with van der Waals surface area (Å²) in [6.07, 6.45) is 0. The van der Waals surface area contributed by atoms with E-state index in [4.69, 9.17) is 0 Å². The zero-order chi connectivity index (χ0) is 43.8. The molecule has 0 radical (unpaired) electrons. The third kappa shape index (κ3) is 7.30. The summed E-state index contributed by atoms with van der Waals surface area (Å²) < 4.78 is 0. The quantitative estimate of drug-likeness (QED) is 0.134. The second-order valence-electron chi connectivity index (χ2n) is 17.1. The Balaban J connectivity index is 0.00000494. The highest BCUT2D eigenvalue weighted by Crippen LogP contribution is 2.54. The molecule has 0 unspecified atom stereocenters. The monoisotopic (exact) mass is 852 g/mol. The molecule has 0 heterocycles. The van der Waals surface area contributed by atoms with Gasteiger partial charge < -0.3 is 0 Å². The lowest BCUT2D eigenvalue weighted by atomic mass is 9.77. The van der Waals surface area contributed by atoms with Gasteiger partial charge in [-0.2, -0.15) is 0 Å². The molecule has 0 spiro atoms. The van der Waals surface area contributed by atoms with Crippen molar-refractivity contribution in [1.82, 2.24) is 0 Å². The van der Waals surface area contributed by atoms with Gasteiger partial charge in [-0.1, -0.05) is 274 Å². The second-order valence-corrected chi connectivity index (χ2v) is 17.1. The molecule has 0 atom stereocenters. The van der Waals surface area contributed by atoms with Crippen LogP contribution in [-0.2, 0) is 0 Å². The Hall–Kier alpha value is -8.58. The molecule has 0 saturated carbocycles. The summed E-state index contributed by atoms with van der Waals surface area (Å²) in [6, 6.07) is 97.8. The maximum absolute atomic E-state index is 2.35. The van der Waals surface area contributed by atoms with E-state index in [-0.39, 0.29) is 7.43 Å². The first kappa shape index (κ1) is 41.1. The topological polar surface area (TPSA) is 0 Å². The van der Waals surface area contributed by atoms with Gasteiger partial charge in [-0.3, -0.25) is 0 Å². The van der Waals surface area contributed by atoms with Gasteiger partial charge in [-0.15, -0.1) is 0 Å². The molecular formula is C67H48. The van der Waals surface area contributed by atoms with Crippen LogP contribution >= 0.6 is 0 Å². The van der Waals surface area contributed by atoms with Crippen LogP contribution in [0.3, 0.4) is 0 Å². The van der Waals surface area contributed by atoms with Crippen LogP contribution < -0.4 is 0 Å². The Bertz CT molecular complexity index is 3440. The number of rotatable bonds is 8. The molecule has 0 saturated heterocycles. The highest BCUT2D eigenvalue weighted by atomic mass is 14.3. The summed E-state index contributed by atoms with van der Waals surface area (Å²) in [5.41, 5.74) is 19.4. The fraction of sp³-hybridized carbons (Fsp3) is 0.0149. The van der Waals surface area contributed by atoms with Crippen LogP contribution in [0.5, 0.6) is 0 Å². The van der Waals surface area contributed by atoms with Crippen molar-refractivity contribution in [2.24, 2.45) is 0 Å². The van der Waals surface area contributed by atoms with Crippen LogP contribution in [-0.4, -0.2) is 0 Å². The van der Waals surface area contributed by atoms with Crippen LogP contribution in [0.15, 0.2) is 267 Å². The molecule has 0 heteroatoms. The van der Waals surface area contributed by atoms with Gasteiger partial charge in [0.25, 0.3) is 0 Å². The highest BCUT2D eigenvalue weighted by molar-refractivity contribution is 6.33. The number of fused-ring (bicyclic) bond motifs is 3. The predicted octanol–water partition coefficient (Wildman–Crippen LogP) is 19.1. The summed E-state index contributed by atoms with van der Waals surface area (Å²) >= 11 is 0. The van der Waals surface area contributed by atoms with Gasteiger partial charge in [0.05, 0.1) is 0 Å². The molecule has 0 amide bonds. The number of benzene rings is 12. The van der Waals surface area contributed by atoms with Gasteiger partial charge in [0, 0.05) is 0 Å². The first-order valence-electron chi connectivity index (χ1n) is 22.8. The molecule has 0 aliphatic carbocycles. The van der Waals surface area contributed by atoms with E-state index < -0.39 is 0 Å². The molecular weight excluding hydrogens is 805 g/mol. The summed E-state index contributed by atoms with van der Waals surface area (Å²) in [5, 5.41) is 7.43. The van der Waals surface area contributed by atoms with Gasteiger partial charge >= 0.3 is 0 Å². The number of hydrogen-bond donors (Lipinski definition) is 0. The van der Waals surface area contributed by atoms with Crippen molar-refractivity contribution in [3.8, 4) is 89.0 Å². The Morgan fingerprint density at radius 1 is 0.149 bits per heavy atom. The minimum absolute atomic E-state index is 0. The third-order valence-corrected chi connectivity index (χ3v) is 13.3. The highest BCUT2D eigenvalue weighted by Gasteiger charge is 2.26. The molecule has 0 N–H and O–H groups in total. The molecule has 12 aromatic carbocycles. The summed E-state index contributed by atoms with van der Waals surface area (Å²) in [4.78, 5) is 0. The maximum Gasteiger partial charge on any atom is -0.000139 e. The Labute approximate surface area is 393 Å². The van der Waals surface area contributed by atoms with Gasteiger partial charge in [-0.25, -0.2) is 0 Å². The van der Waals surface area contributed by atoms with Crippen LogP contribution in [0.4, 0.5) is 0 Å². The molecule has 0 bridgehead atoms. The fourth-order valence-corrected chi connectivity index (χ4v) is 10.4. The van der Waals surface area contributed by atoms with Crippen LogP contribution in [0, 0.1) is 0 Å². The summed E-state index contributed by atoms with van der Waals surface area (Å²) in [7, 11) is 0. The zero-order valence-corrected chi connectivity index (χ0v) is 36.4. The molecule has 12 rings (SSSR count). The Morgan fingerprint density at radius 3 is 0.597 bits per heavy atom. The lowest BCUT2D eigenvalue weighted by Crippen LogP contribution is -1.98. The molecule has 67 heavy (non-hydrogen) atoms. The van der Waals surface area contributed by atoms with Gasteiger partial charge in [0.15, 0.2) is 0 Å². The predicted molar refractivity (Wildman–Crippen MR) is 289 cm³/mol. The van der Waals surface area contributed by atoms with Crippen LogP contribution in [0.2, 0.25) is 0 Å². The van der Waals surface area contributed by atoms with E-state index in [9.17, 15) is 0 Å². The van der Waals surface area contributed by atoms with E-state index in [1.807, 2.05) is 0 Å². The average Bonchev–Trinajstić information content (AvgIpc) is 3.40. The van der Waals surface area contributed by atoms with E-state index in [2.05, 4.69) is 267 Å². The molecule has 0 aliphatic heterocycles. The third-order valence-electron chi connectivity index (χ3n) is 13.3. The van der Waals surface area contributed by atoms with Crippen LogP contribution in [0.25, 0.3) is 121 Å². The zero-order valence-electron chi connectivity index (χ0n) is 36.4. The van der Waals surface area contributed by atoms with Crippen molar-refractivity contribution in [3.63, 3.8) is 0 Å². The molecule has 12 aromatic rings. The van der Waals surface area contributed by atoms with Gasteiger partial charge in [0.1, 0.15) is 0 Å². The molecule has 0 nitrogen and oxygen atoms in total. The normalized spacial score (nSPS) is 11.2. The van der Waals surface area contributed by atoms with Crippen molar-refractivity contribution < 1.29 is 0 Å².